The molecule has 1 amide bonds. The summed E-state index contributed by atoms with van der Waals surface area (Å²) >= 11 is 1.33. The summed E-state index contributed by atoms with van der Waals surface area (Å²) < 4.78 is 7.84. The van der Waals surface area contributed by atoms with E-state index in [1.54, 1.807) is 6.08 Å². The molecule has 0 radical (unpaired) electrons. The van der Waals surface area contributed by atoms with Crippen LogP contribution in [-0.2, 0) is 11.3 Å². The van der Waals surface area contributed by atoms with Gasteiger partial charge in [0, 0.05) is 17.6 Å². The lowest BCUT2D eigenvalue weighted by Crippen LogP contribution is -2.15. The minimum absolute atomic E-state index is 0.0922. The van der Waals surface area contributed by atoms with Gasteiger partial charge in [0.25, 0.3) is 0 Å². The first-order valence-corrected chi connectivity index (χ1v) is 10.6. The van der Waals surface area contributed by atoms with Crippen molar-refractivity contribution in [2.24, 2.45) is 0 Å². The number of hydrogen-bond donors (Lipinski definition) is 1. The Kier molecular flexibility index (Phi) is 5.72. The first-order chi connectivity index (χ1) is 14.5. The number of hydrogen-bond acceptors (Lipinski definition) is 5. The fraction of sp³-hybridized carbons (Fsp3) is 0.174. The summed E-state index contributed by atoms with van der Waals surface area (Å²) in [6, 6.07) is 15.7. The van der Waals surface area contributed by atoms with E-state index < -0.39 is 0 Å². The summed E-state index contributed by atoms with van der Waals surface area (Å²) in [5.74, 6) is 1.38. The van der Waals surface area contributed by atoms with E-state index in [-0.39, 0.29) is 11.7 Å². The maximum absolute atomic E-state index is 12.5. The number of carbonyl (C=O) groups is 1. The van der Waals surface area contributed by atoms with Gasteiger partial charge < -0.3 is 9.73 Å². The van der Waals surface area contributed by atoms with E-state index >= 15 is 0 Å². The third kappa shape index (κ3) is 4.16. The Bertz CT molecular complexity index is 1190. The van der Waals surface area contributed by atoms with E-state index in [1.165, 1.54) is 11.8 Å². The Hall–Kier alpha value is -3.32. The zero-order valence-corrected chi connectivity index (χ0v) is 17.7. The Morgan fingerprint density at radius 1 is 1.20 bits per heavy atom. The summed E-state index contributed by atoms with van der Waals surface area (Å²) in [5, 5.41) is 13.2. The van der Waals surface area contributed by atoms with Crippen LogP contribution in [0.15, 0.2) is 70.8 Å². The van der Waals surface area contributed by atoms with Gasteiger partial charge in [0.2, 0.25) is 11.7 Å². The molecule has 1 N–H and O–H groups in total. The number of thioether (sulfide) groups is 1. The van der Waals surface area contributed by atoms with Gasteiger partial charge in [0.05, 0.1) is 5.75 Å². The number of nitrogens with zero attached hydrogens (tertiary/aromatic N) is 3. The summed E-state index contributed by atoms with van der Waals surface area (Å²) in [6.45, 7) is 8.35. The minimum Gasteiger partial charge on any atom is -0.453 e. The minimum atomic E-state index is -0.0922. The molecule has 0 bridgehead atoms. The van der Waals surface area contributed by atoms with Crippen molar-refractivity contribution in [3.8, 4) is 11.6 Å². The lowest BCUT2D eigenvalue weighted by Gasteiger charge is -2.09. The highest BCUT2D eigenvalue weighted by Gasteiger charge is 2.18. The van der Waals surface area contributed by atoms with Gasteiger partial charge in [0.1, 0.15) is 5.58 Å². The summed E-state index contributed by atoms with van der Waals surface area (Å²) in [4.78, 5) is 12.5. The molecule has 4 rings (SSSR count). The van der Waals surface area contributed by atoms with Gasteiger partial charge in [-0.3, -0.25) is 9.36 Å². The van der Waals surface area contributed by atoms with Gasteiger partial charge in [-0.05, 0) is 37.6 Å². The molecule has 0 saturated carbocycles. The molecule has 0 spiro atoms. The van der Waals surface area contributed by atoms with Crippen molar-refractivity contribution in [1.29, 1.82) is 0 Å². The fourth-order valence-corrected chi connectivity index (χ4v) is 3.98. The Morgan fingerprint density at radius 3 is 2.80 bits per heavy atom. The van der Waals surface area contributed by atoms with Crippen LogP contribution in [0.5, 0.6) is 0 Å². The second-order valence-electron chi connectivity index (χ2n) is 7.01. The van der Waals surface area contributed by atoms with Crippen molar-refractivity contribution in [1.82, 2.24) is 14.8 Å². The number of aryl methyl sites for hydroxylation is 2. The zero-order valence-electron chi connectivity index (χ0n) is 16.9. The molecule has 0 atom stereocenters. The van der Waals surface area contributed by atoms with Crippen LogP contribution in [0.4, 0.5) is 5.69 Å². The van der Waals surface area contributed by atoms with Crippen LogP contribution >= 0.6 is 11.8 Å². The molecule has 0 fully saturated rings. The molecule has 0 saturated heterocycles. The van der Waals surface area contributed by atoms with Gasteiger partial charge in [-0.1, -0.05) is 53.7 Å². The second-order valence-corrected chi connectivity index (χ2v) is 7.95. The van der Waals surface area contributed by atoms with Crippen LogP contribution in [-0.4, -0.2) is 26.4 Å². The number of allylic oxidation sites excluding steroid dienone is 1. The van der Waals surface area contributed by atoms with E-state index in [1.807, 2.05) is 66.9 Å². The van der Waals surface area contributed by atoms with Gasteiger partial charge in [-0.25, -0.2) is 0 Å². The van der Waals surface area contributed by atoms with Crippen LogP contribution in [0, 0.1) is 13.8 Å². The molecule has 0 aliphatic carbocycles. The van der Waals surface area contributed by atoms with E-state index in [9.17, 15) is 4.79 Å². The van der Waals surface area contributed by atoms with Crippen LogP contribution < -0.4 is 5.32 Å². The van der Waals surface area contributed by atoms with E-state index in [0.717, 1.165) is 27.8 Å². The van der Waals surface area contributed by atoms with Crippen molar-refractivity contribution < 1.29 is 9.21 Å². The molecule has 4 aromatic rings. The third-order valence-electron chi connectivity index (χ3n) is 4.66. The lowest BCUT2D eigenvalue weighted by molar-refractivity contribution is -0.113. The molecule has 30 heavy (non-hydrogen) atoms. The third-order valence-corrected chi connectivity index (χ3v) is 5.63. The number of carbonyl (C=O) groups excluding carboxylic acids is 1. The summed E-state index contributed by atoms with van der Waals surface area (Å²) in [7, 11) is 0. The van der Waals surface area contributed by atoms with E-state index in [2.05, 4.69) is 22.1 Å². The molecular weight excluding hydrogens is 396 g/mol. The highest BCUT2D eigenvalue weighted by atomic mass is 32.2. The number of fused-ring (bicyclic) bond motifs is 1. The maximum Gasteiger partial charge on any atom is 0.234 e. The van der Waals surface area contributed by atoms with Crippen LogP contribution in [0.2, 0.25) is 0 Å². The number of nitrogens with one attached hydrogen (secondary N) is 1. The topological polar surface area (TPSA) is 73.0 Å². The smallest absolute Gasteiger partial charge is 0.234 e. The lowest BCUT2D eigenvalue weighted by atomic mass is 10.1. The van der Waals surface area contributed by atoms with Crippen molar-refractivity contribution >= 4 is 34.3 Å². The summed E-state index contributed by atoms with van der Waals surface area (Å²) in [6.07, 6.45) is 1.77. The molecule has 2 aromatic carbocycles. The Morgan fingerprint density at radius 2 is 2.03 bits per heavy atom. The van der Waals surface area contributed by atoms with Crippen LogP contribution in [0.3, 0.4) is 0 Å². The number of amides is 1. The highest BCUT2D eigenvalue weighted by molar-refractivity contribution is 7.99. The van der Waals surface area contributed by atoms with Crippen molar-refractivity contribution in [2.75, 3.05) is 11.1 Å². The predicted octanol–water partition coefficient (Wildman–Crippen LogP) is 5.22. The van der Waals surface area contributed by atoms with Crippen LogP contribution in [0.25, 0.3) is 22.6 Å². The number of rotatable bonds is 7. The van der Waals surface area contributed by atoms with E-state index in [4.69, 9.17) is 4.42 Å². The number of anilines is 1. The molecule has 2 heterocycles. The summed E-state index contributed by atoms with van der Waals surface area (Å²) in [5.41, 5.74) is 3.82. The second kappa shape index (κ2) is 8.59. The number of para-hydroxylation sites is 1. The van der Waals surface area contributed by atoms with Crippen LogP contribution in [0.1, 0.15) is 11.1 Å². The fourth-order valence-electron chi connectivity index (χ4n) is 3.23. The standard InChI is InChI=1S/C23H22N4O2S/c1-4-11-27-22(20-13-17-7-5-6-8-19(17)29-20)25-26-23(27)30-14-21(28)24-18-10-9-15(2)12-16(18)3/h4-10,12-13H,1,11,14H2,2-3H3,(H,24,28). The molecule has 0 unspecified atom stereocenters. The quantitative estimate of drug-likeness (QED) is 0.329. The average Bonchev–Trinajstić information content (AvgIpc) is 3.32. The zero-order chi connectivity index (χ0) is 21.1. The molecule has 6 nitrogen and oxygen atoms in total. The Labute approximate surface area is 179 Å². The number of aromatic nitrogens is 3. The predicted molar refractivity (Wildman–Crippen MR) is 121 cm³/mol. The van der Waals surface area contributed by atoms with Crippen molar-refractivity contribution in [2.45, 2.75) is 25.5 Å². The molecule has 0 aliphatic heterocycles. The monoisotopic (exact) mass is 418 g/mol. The van der Waals surface area contributed by atoms with Gasteiger partial charge in [-0.15, -0.1) is 16.8 Å². The van der Waals surface area contributed by atoms with Gasteiger partial charge >= 0.3 is 0 Å². The normalized spacial score (nSPS) is 11.0. The van der Waals surface area contributed by atoms with Crippen molar-refractivity contribution in [3.63, 3.8) is 0 Å². The highest BCUT2D eigenvalue weighted by Crippen LogP contribution is 2.29. The van der Waals surface area contributed by atoms with E-state index in [0.29, 0.717) is 23.3 Å². The van der Waals surface area contributed by atoms with Gasteiger partial charge in [0.15, 0.2) is 10.9 Å². The average molecular weight is 419 g/mol. The molecular formula is C23H22N4O2S. The SMILES string of the molecule is C=CCn1c(SCC(=O)Nc2ccc(C)cc2C)nnc1-c1cc2ccccc2o1. The first-order valence-electron chi connectivity index (χ1n) is 9.58. The Balaban J connectivity index is 1.51. The number of benzene rings is 2. The molecule has 152 valence electrons. The molecule has 7 heteroatoms. The number of furan rings is 1. The first kappa shape index (κ1) is 20.0. The van der Waals surface area contributed by atoms with Crippen molar-refractivity contribution in [3.05, 3.63) is 72.3 Å². The van der Waals surface area contributed by atoms with Gasteiger partial charge in [-0.2, -0.15) is 0 Å². The molecule has 0 aliphatic rings. The largest absolute Gasteiger partial charge is 0.453 e. The molecule has 2 aromatic heterocycles. The maximum atomic E-state index is 12.5.